The van der Waals surface area contributed by atoms with E-state index in [1.54, 1.807) is 23.0 Å². The number of nitrogens with zero attached hydrogens (tertiary/aromatic N) is 4. The molecule has 0 bridgehead atoms. The minimum atomic E-state index is -0.690. The highest BCUT2D eigenvalue weighted by Gasteiger charge is 2.34. The van der Waals surface area contributed by atoms with Gasteiger partial charge in [0, 0.05) is 33.1 Å². The first-order valence-corrected chi connectivity index (χ1v) is 16.7. The summed E-state index contributed by atoms with van der Waals surface area (Å²) in [4.78, 5) is 34.2. The van der Waals surface area contributed by atoms with Crippen LogP contribution in [0.1, 0.15) is 71.2 Å². The zero-order chi connectivity index (χ0) is 31.6. The van der Waals surface area contributed by atoms with Gasteiger partial charge in [-0.3, -0.25) is 14.2 Å². The molecule has 7 nitrogen and oxygen atoms in total. The van der Waals surface area contributed by atoms with Crippen molar-refractivity contribution in [1.29, 1.82) is 5.26 Å². The molecule has 2 aliphatic rings. The number of thiazole rings is 1. The van der Waals surface area contributed by atoms with Crippen molar-refractivity contribution in [3.8, 4) is 16.8 Å². The molecule has 226 valence electrons. The van der Waals surface area contributed by atoms with Gasteiger partial charge in [0.05, 0.1) is 23.2 Å². The molecule has 0 amide bonds. The standard InChI is InChI=1S/C36H32N4O3S2/c1-19-16-24(21(3)39(19)35-27(18-37)26-12-8-9-13-29(26)44-35)17-30-34(42)40-33(31(22(4)41)20(2)38-36(40)45-30)32-25-11-7-6-10-23(25)14-15-28(32)43-5/h6-7,10-11,14-17,33H,8-9,12-13H2,1-5H3/t33-/m1/s1. The Kier molecular flexibility index (Phi) is 7.22. The van der Waals surface area contributed by atoms with Crippen LogP contribution < -0.4 is 19.6 Å². The Morgan fingerprint density at radius 3 is 2.64 bits per heavy atom. The van der Waals surface area contributed by atoms with Gasteiger partial charge >= 0.3 is 0 Å². The third-order valence-electron chi connectivity index (χ3n) is 9.05. The number of Topliss-reactive ketones (excluding diaryl/α,β-unsaturated/α-hetero) is 1. The Hall–Kier alpha value is -4.52. The first-order valence-electron chi connectivity index (χ1n) is 15.1. The summed E-state index contributed by atoms with van der Waals surface area (Å²) in [5, 5.41) is 13.0. The number of rotatable bonds is 5. The summed E-state index contributed by atoms with van der Waals surface area (Å²) in [6.45, 7) is 7.44. The van der Waals surface area contributed by atoms with Gasteiger partial charge in [-0.25, -0.2) is 4.99 Å². The van der Waals surface area contributed by atoms with Gasteiger partial charge in [-0.15, -0.1) is 11.3 Å². The molecule has 7 rings (SSSR count). The van der Waals surface area contributed by atoms with Crippen LogP contribution in [0.4, 0.5) is 0 Å². The third-order valence-corrected chi connectivity index (χ3v) is 11.3. The van der Waals surface area contributed by atoms with E-state index in [2.05, 4.69) is 16.7 Å². The molecular weight excluding hydrogens is 601 g/mol. The lowest BCUT2D eigenvalue weighted by Gasteiger charge is -2.27. The Morgan fingerprint density at radius 1 is 1.11 bits per heavy atom. The van der Waals surface area contributed by atoms with Crippen molar-refractivity contribution in [2.45, 2.75) is 59.4 Å². The second kappa shape index (κ2) is 11.1. The summed E-state index contributed by atoms with van der Waals surface area (Å²) >= 11 is 3.04. The molecule has 4 heterocycles. The van der Waals surface area contributed by atoms with Crippen molar-refractivity contribution in [2.24, 2.45) is 4.99 Å². The van der Waals surface area contributed by atoms with E-state index in [1.165, 1.54) is 28.7 Å². The first-order chi connectivity index (χ1) is 21.7. The van der Waals surface area contributed by atoms with Gasteiger partial charge in [0.2, 0.25) is 0 Å². The summed E-state index contributed by atoms with van der Waals surface area (Å²) in [7, 11) is 1.61. The number of carbonyl (C=O) groups excluding carboxylic acids is 1. The predicted octanol–water partition coefficient (Wildman–Crippen LogP) is 6.21. The molecule has 45 heavy (non-hydrogen) atoms. The minimum Gasteiger partial charge on any atom is -0.496 e. The number of allylic oxidation sites excluding steroid dienone is 2. The SMILES string of the molecule is COc1ccc2ccccc2c1[C@H]1C(C(C)=O)=C(C)N=c2sc(=Cc3cc(C)n(-c4sc5c(c4C#N)CCCC5)c3C)c(=O)n21. The number of fused-ring (bicyclic) bond motifs is 3. The molecule has 5 aromatic rings. The molecule has 0 N–H and O–H groups in total. The molecule has 9 heteroatoms. The van der Waals surface area contributed by atoms with Crippen LogP contribution in [-0.4, -0.2) is 22.0 Å². The fourth-order valence-electron chi connectivity index (χ4n) is 6.99. The number of ether oxygens (including phenoxy) is 1. The fraction of sp³-hybridized carbons (Fsp3) is 0.278. The second-order valence-corrected chi connectivity index (χ2v) is 13.8. The Bertz CT molecular complexity index is 2320. The van der Waals surface area contributed by atoms with Gasteiger partial charge in [-0.05, 0) is 93.5 Å². The molecule has 0 saturated heterocycles. The lowest BCUT2D eigenvalue weighted by atomic mass is 9.89. The lowest BCUT2D eigenvalue weighted by molar-refractivity contribution is -0.114. The zero-order valence-corrected chi connectivity index (χ0v) is 27.5. The first kappa shape index (κ1) is 29.2. The van der Waals surface area contributed by atoms with Crippen molar-refractivity contribution in [1.82, 2.24) is 9.13 Å². The van der Waals surface area contributed by atoms with Crippen LogP contribution >= 0.6 is 22.7 Å². The van der Waals surface area contributed by atoms with Crippen LogP contribution in [0.15, 0.2) is 63.5 Å². The summed E-state index contributed by atoms with van der Waals surface area (Å²) < 4.78 is 10.2. The molecule has 0 saturated carbocycles. The quantitative estimate of drug-likeness (QED) is 0.231. The van der Waals surface area contributed by atoms with Gasteiger partial charge in [-0.1, -0.05) is 41.7 Å². The van der Waals surface area contributed by atoms with Crippen molar-refractivity contribution < 1.29 is 9.53 Å². The van der Waals surface area contributed by atoms with Gasteiger partial charge < -0.3 is 9.30 Å². The average Bonchev–Trinajstić information content (AvgIpc) is 3.64. The number of nitriles is 1. The molecule has 0 spiro atoms. The third kappa shape index (κ3) is 4.54. The molecule has 1 aliphatic carbocycles. The van der Waals surface area contributed by atoms with E-state index in [1.807, 2.05) is 63.2 Å². The summed E-state index contributed by atoms with van der Waals surface area (Å²) in [6, 6.07) is 15.7. The van der Waals surface area contributed by atoms with E-state index in [0.717, 1.165) is 69.5 Å². The highest BCUT2D eigenvalue weighted by atomic mass is 32.1. The number of methoxy groups -OCH3 is 1. The Labute approximate surface area is 268 Å². The number of carbonyl (C=O) groups is 1. The topological polar surface area (TPSA) is 89.4 Å². The smallest absolute Gasteiger partial charge is 0.271 e. The number of aryl methyl sites for hydroxylation is 2. The number of hydrogen-bond donors (Lipinski definition) is 0. The van der Waals surface area contributed by atoms with Crippen LogP contribution in [0.25, 0.3) is 21.8 Å². The number of ketones is 1. The maximum atomic E-state index is 14.4. The maximum absolute atomic E-state index is 14.4. The van der Waals surface area contributed by atoms with Gasteiger partial charge in [0.1, 0.15) is 16.8 Å². The minimum absolute atomic E-state index is 0.138. The number of aromatic nitrogens is 2. The van der Waals surface area contributed by atoms with Gasteiger partial charge in [0.25, 0.3) is 5.56 Å². The van der Waals surface area contributed by atoms with Crippen LogP contribution in [-0.2, 0) is 17.6 Å². The summed E-state index contributed by atoms with van der Waals surface area (Å²) in [5.74, 6) is 0.471. The van der Waals surface area contributed by atoms with Crippen LogP contribution in [0.5, 0.6) is 5.75 Å². The van der Waals surface area contributed by atoms with E-state index < -0.39 is 6.04 Å². The summed E-state index contributed by atoms with van der Waals surface area (Å²) in [6.07, 6.45) is 6.17. The molecule has 0 radical (unpaired) electrons. The number of benzene rings is 2. The molecule has 1 atom stereocenters. The van der Waals surface area contributed by atoms with Gasteiger partial charge in [0.15, 0.2) is 10.6 Å². The molecule has 3 aromatic heterocycles. The van der Waals surface area contributed by atoms with E-state index in [4.69, 9.17) is 9.73 Å². The van der Waals surface area contributed by atoms with Crippen molar-refractivity contribution >= 4 is 45.3 Å². The van der Waals surface area contributed by atoms with Crippen LogP contribution in [0.3, 0.4) is 0 Å². The van der Waals surface area contributed by atoms with E-state index in [0.29, 0.717) is 26.4 Å². The van der Waals surface area contributed by atoms with Crippen molar-refractivity contribution in [2.75, 3.05) is 7.11 Å². The highest BCUT2D eigenvalue weighted by molar-refractivity contribution is 7.15. The molecule has 0 fully saturated rings. The fourth-order valence-corrected chi connectivity index (χ4v) is 9.48. The molecular formula is C36H32N4O3S2. The second-order valence-electron chi connectivity index (χ2n) is 11.7. The zero-order valence-electron chi connectivity index (χ0n) is 25.9. The van der Waals surface area contributed by atoms with E-state index >= 15 is 0 Å². The number of hydrogen-bond acceptors (Lipinski definition) is 7. The predicted molar refractivity (Wildman–Crippen MR) is 179 cm³/mol. The molecule has 1 aliphatic heterocycles. The van der Waals surface area contributed by atoms with Crippen LogP contribution in [0.2, 0.25) is 0 Å². The molecule has 2 aromatic carbocycles. The average molecular weight is 633 g/mol. The molecule has 0 unspecified atom stereocenters. The Morgan fingerprint density at radius 2 is 1.89 bits per heavy atom. The monoisotopic (exact) mass is 632 g/mol. The maximum Gasteiger partial charge on any atom is 0.271 e. The summed E-state index contributed by atoms with van der Waals surface area (Å²) in [5.41, 5.74) is 6.51. The van der Waals surface area contributed by atoms with Crippen molar-refractivity contribution in [3.05, 3.63) is 112 Å². The van der Waals surface area contributed by atoms with E-state index in [-0.39, 0.29) is 11.3 Å². The van der Waals surface area contributed by atoms with Gasteiger partial charge in [-0.2, -0.15) is 5.26 Å². The van der Waals surface area contributed by atoms with Crippen LogP contribution in [0, 0.1) is 25.2 Å². The van der Waals surface area contributed by atoms with Crippen molar-refractivity contribution in [3.63, 3.8) is 0 Å². The lowest BCUT2D eigenvalue weighted by Crippen LogP contribution is -2.39. The normalized spacial score (nSPS) is 16.4. The highest BCUT2D eigenvalue weighted by Crippen LogP contribution is 2.41. The van der Waals surface area contributed by atoms with E-state index in [9.17, 15) is 14.9 Å². The Balaban J connectivity index is 1.44. The number of thiophene rings is 1. The largest absolute Gasteiger partial charge is 0.496 e.